The van der Waals surface area contributed by atoms with Crippen LogP contribution in [0.25, 0.3) is 12.2 Å². The number of rotatable bonds is 3. The molecular formula is C12H12. The van der Waals surface area contributed by atoms with Crippen LogP contribution in [0.15, 0.2) is 49.6 Å². The van der Waals surface area contributed by atoms with Crippen molar-refractivity contribution in [3.05, 3.63) is 60.7 Å². The first-order valence-corrected chi connectivity index (χ1v) is 3.88. The lowest BCUT2D eigenvalue weighted by Crippen LogP contribution is -1.73. The van der Waals surface area contributed by atoms with E-state index in [1.807, 2.05) is 36.4 Å². The molecule has 0 aliphatic carbocycles. The molecule has 0 atom stereocenters. The Labute approximate surface area is 73.6 Å². The molecule has 0 aliphatic heterocycles. The molecule has 12 heavy (non-hydrogen) atoms. The molecule has 1 aromatic rings. The van der Waals surface area contributed by atoms with Gasteiger partial charge in [-0.15, -0.1) is 0 Å². The molecule has 0 aromatic heterocycles. The highest BCUT2D eigenvalue weighted by atomic mass is 13.9. The molecule has 0 heteroatoms. The fourth-order valence-corrected chi connectivity index (χ4v) is 0.969. The summed E-state index contributed by atoms with van der Waals surface area (Å²) in [6, 6.07) is 8.16. The monoisotopic (exact) mass is 156 g/mol. The summed E-state index contributed by atoms with van der Waals surface area (Å²) in [5.74, 6) is 0. The Bertz CT molecular complexity index is 306. The van der Waals surface area contributed by atoms with Gasteiger partial charge in [-0.3, -0.25) is 0 Å². The van der Waals surface area contributed by atoms with Crippen LogP contribution < -0.4 is 0 Å². The first-order valence-electron chi connectivity index (χ1n) is 3.88. The Morgan fingerprint density at radius 3 is 2.50 bits per heavy atom. The second-order valence-electron chi connectivity index (χ2n) is 2.47. The molecule has 0 aliphatic rings. The molecule has 0 heterocycles. The average Bonchev–Trinajstić information content (AvgIpc) is 2.15. The molecular weight excluding hydrogens is 144 g/mol. The van der Waals surface area contributed by atoms with E-state index in [0.29, 0.717) is 0 Å². The van der Waals surface area contributed by atoms with Crippen molar-refractivity contribution < 1.29 is 0 Å². The largest absolute Gasteiger partial charge is 0.0991 e. The molecule has 0 fully saturated rings. The van der Waals surface area contributed by atoms with Crippen LogP contribution in [-0.4, -0.2) is 0 Å². The number of benzene rings is 1. The minimum Gasteiger partial charge on any atom is -0.0991 e. The van der Waals surface area contributed by atoms with Crippen LogP contribution in [0.3, 0.4) is 0 Å². The van der Waals surface area contributed by atoms with E-state index in [4.69, 9.17) is 0 Å². The van der Waals surface area contributed by atoms with Gasteiger partial charge in [-0.25, -0.2) is 0 Å². The van der Waals surface area contributed by atoms with E-state index in [-0.39, 0.29) is 0 Å². The molecule has 0 amide bonds. The van der Waals surface area contributed by atoms with Gasteiger partial charge in [0.2, 0.25) is 0 Å². The smallest absolute Gasteiger partial charge is 0.0251 e. The third kappa shape index (κ3) is 2.24. The van der Waals surface area contributed by atoms with Gasteiger partial charge < -0.3 is 0 Å². The topological polar surface area (TPSA) is 0 Å². The van der Waals surface area contributed by atoms with Crippen LogP contribution >= 0.6 is 0 Å². The Kier molecular flexibility index (Phi) is 3.09. The molecule has 0 nitrogen and oxygen atoms in total. The summed E-state index contributed by atoms with van der Waals surface area (Å²) < 4.78 is 0. The minimum absolute atomic E-state index is 1.14. The van der Waals surface area contributed by atoms with Crippen molar-refractivity contribution in [3.63, 3.8) is 0 Å². The highest BCUT2D eigenvalue weighted by molar-refractivity contribution is 5.57. The summed E-state index contributed by atoms with van der Waals surface area (Å²) in [4.78, 5) is 0. The van der Waals surface area contributed by atoms with E-state index in [9.17, 15) is 0 Å². The number of hydrogen-bond acceptors (Lipinski definition) is 0. The molecule has 1 rings (SSSR count). The van der Waals surface area contributed by atoms with E-state index >= 15 is 0 Å². The van der Waals surface area contributed by atoms with E-state index in [1.54, 1.807) is 6.08 Å². The molecule has 0 unspecified atom stereocenters. The maximum atomic E-state index is 3.71. The maximum absolute atomic E-state index is 3.71. The van der Waals surface area contributed by atoms with Gasteiger partial charge in [0.15, 0.2) is 0 Å². The van der Waals surface area contributed by atoms with Crippen molar-refractivity contribution in [2.75, 3.05) is 0 Å². The first-order chi connectivity index (χ1) is 5.86. The lowest BCUT2D eigenvalue weighted by Gasteiger charge is -1.94. The summed E-state index contributed by atoms with van der Waals surface area (Å²) in [6.07, 6.45) is 7.54. The van der Waals surface area contributed by atoms with Gasteiger partial charge in [-0.2, -0.15) is 0 Å². The van der Waals surface area contributed by atoms with Crippen LogP contribution in [0.2, 0.25) is 0 Å². The summed E-state index contributed by atoms with van der Waals surface area (Å²) in [5.41, 5.74) is 2.31. The van der Waals surface area contributed by atoms with E-state index in [1.165, 1.54) is 5.56 Å². The third-order valence-electron chi connectivity index (χ3n) is 1.57. The van der Waals surface area contributed by atoms with Gasteiger partial charge in [-0.05, 0) is 17.2 Å². The molecule has 0 bridgehead atoms. The van der Waals surface area contributed by atoms with Crippen LogP contribution in [0.5, 0.6) is 0 Å². The summed E-state index contributed by atoms with van der Waals surface area (Å²) in [6.45, 7) is 7.32. The van der Waals surface area contributed by atoms with Crippen LogP contribution in [0.1, 0.15) is 11.1 Å². The Morgan fingerprint density at radius 1 is 1.08 bits per heavy atom. The molecule has 1 aromatic carbocycles. The van der Waals surface area contributed by atoms with E-state index in [2.05, 4.69) is 19.2 Å². The predicted octanol–water partition coefficient (Wildman–Crippen LogP) is 3.53. The van der Waals surface area contributed by atoms with Gasteiger partial charge in [-0.1, -0.05) is 55.7 Å². The van der Waals surface area contributed by atoms with Crippen molar-refractivity contribution in [2.45, 2.75) is 0 Å². The van der Waals surface area contributed by atoms with Crippen molar-refractivity contribution in [2.24, 2.45) is 0 Å². The van der Waals surface area contributed by atoms with Crippen LogP contribution in [-0.2, 0) is 0 Å². The molecule has 0 radical (unpaired) electrons. The zero-order chi connectivity index (χ0) is 8.81. The maximum Gasteiger partial charge on any atom is -0.0251 e. The number of hydrogen-bond donors (Lipinski definition) is 0. The fourth-order valence-electron chi connectivity index (χ4n) is 0.969. The molecule has 60 valence electrons. The van der Waals surface area contributed by atoms with Crippen LogP contribution in [0.4, 0.5) is 0 Å². The highest BCUT2D eigenvalue weighted by Crippen LogP contribution is 2.07. The Balaban J connectivity index is 2.93. The van der Waals surface area contributed by atoms with Gasteiger partial charge in [0.05, 0.1) is 0 Å². The molecule has 0 N–H and O–H groups in total. The van der Waals surface area contributed by atoms with E-state index < -0.39 is 0 Å². The van der Waals surface area contributed by atoms with Crippen molar-refractivity contribution in [3.8, 4) is 0 Å². The average molecular weight is 156 g/mol. The quantitative estimate of drug-likeness (QED) is 0.587. The minimum atomic E-state index is 1.14. The van der Waals surface area contributed by atoms with E-state index in [0.717, 1.165) is 5.56 Å². The standard InChI is InChI=1S/C12H12/c1-3-5-7-12-9-6-8-11(4-2)10-12/h3-10H,1-2H2. The normalized spacial score (nSPS) is 10.0. The molecule has 0 saturated carbocycles. The Hall–Kier alpha value is -1.56. The lowest BCUT2D eigenvalue weighted by atomic mass is 10.1. The second kappa shape index (κ2) is 4.35. The predicted molar refractivity (Wildman–Crippen MR) is 55.8 cm³/mol. The zero-order valence-corrected chi connectivity index (χ0v) is 7.03. The van der Waals surface area contributed by atoms with Gasteiger partial charge in [0, 0.05) is 0 Å². The van der Waals surface area contributed by atoms with Crippen molar-refractivity contribution in [1.82, 2.24) is 0 Å². The van der Waals surface area contributed by atoms with Gasteiger partial charge in [0.1, 0.15) is 0 Å². The van der Waals surface area contributed by atoms with Gasteiger partial charge >= 0.3 is 0 Å². The summed E-state index contributed by atoms with van der Waals surface area (Å²) in [5, 5.41) is 0. The zero-order valence-electron chi connectivity index (χ0n) is 7.03. The third-order valence-corrected chi connectivity index (χ3v) is 1.57. The first kappa shape index (κ1) is 8.54. The summed E-state index contributed by atoms with van der Waals surface area (Å²) >= 11 is 0. The highest BCUT2D eigenvalue weighted by Gasteiger charge is 1.86. The SMILES string of the molecule is C=CC=Cc1cccc(C=C)c1. The lowest BCUT2D eigenvalue weighted by molar-refractivity contribution is 1.62. The van der Waals surface area contributed by atoms with Crippen molar-refractivity contribution >= 4 is 12.2 Å². The van der Waals surface area contributed by atoms with Crippen LogP contribution in [0, 0.1) is 0 Å². The number of allylic oxidation sites excluding steroid dienone is 2. The molecule has 0 saturated heterocycles. The second-order valence-corrected chi connectivity index (χ2v) is 2.47. The Morgan fingerprint density at radius 2 is 1.83 bits per heavy atom. The van der Waals surface area contributed by atoms with Gasteiger partial charge in [0.25, 0.3) is 0 Å². The fraction of sp³-hybridized carbons (Fsp3) is 0. The summed E-state index contributed by atoms with van der Waals surface area (Å²) in [7, 11) is 0. The molecule has 0 spiro atoms. The van der Waals surface area contributed by atoms with Crippen molar-refractivity contribution in [1.29, 1.82) is 0 Å².